The Morgan fingerprint density at radius 2 is 1.60 bits per heavy atom. The second kappa shape index (κ2) is 10.2. The number of nitrogens with zero attached hydrogens (tertiary/aromatic N) is 2. The van der Waals surface area contributed by atoms with Crippen LogP contribution >= 0.6 is 0 Å². The summed E-state index contributed by atoms with van der Waals surface area (Å²) in [4.78, 5) is 31.4. The molecule has 0 aromatic heterocycles. The molecule has 1 heterocycles. The van der Waals surface area contributed by atoms with E-state index in [0.29, 0.717) is 17.9 Å². The fourth-order valence-electron chi connectivity index (χ4n) is 4.84. The molecule has 1 aliphatic carbocycles. The number of aromatic hydroxyl groups is 2. The number of benzene rings is 2. The number of ketones is 2. The van der Waals surface area contributed by atoms with E-state index in [2.05, 4.69) is 15.5 Å². The smallest absolute Gasteiger partial charge is 0.200 e. The predicted octanol–water partition coefficient (Wildman–Crippen LogP) is 2.31. The van der Waals surface area contributed by atoms with Crippen LogP contribution in [0.25, 0.3) is 0 Å². The number of nitrogens with one attached hydrogen (secondary N) is 2. The molecule has 0 spiro atoms. The summed E-state index contributed by atoms with van der Waals surface area (Å²) in [6, 6.07) is 5.98. The first-order chi connectivity index (χ1) is 16.7. The summed E-state index contributed by atoms with van der Waals surface area (Å²) >= 11 is 0. The molecule has 2 aromatic rings. The van der Waals surface area contributed by atoms with E-state index in [9.17, 15) is 24.9 Å². The SMILES string of the molecule is CC(Nc1ccc(NCCN2CCCC(CO)C2)c2c1C(=O)c1c(O)ccc(O)c1C2=O)N(C)C. The highest BCUT2D eigenvalue weighted by atomic mass is 16.3. The zero-order valence-electron chi connectivity index (χ0n) is 20.5. The number of carbonyl (C=O) groups is 2. The number of phenols is 2. The molecule has 0 saturated carbocycles. The summed E-state index contributed by atoms with van der Waals surface area (Å²) < 4.78 is 0. The van der Waals surface area contributed by atoms with Gasteiger partial charge in [0.05, 0.1) is 28.4 Å². The molecule has 2 atom stereocenters. The van der Waals surface area contributed by atoms with Crippen LogP contribution in [0.4, 0.5) is 11.4 Å². The molecule has 35 heavy (non-hydrogen) atoms. The lowest BCUT2D eigenvalue weighted by Gasteiger charge is -2.32. The highest BCUT2D eigenvalue weighted by Gasteiger charge is 2.38. The molecule has 0 bridgehead atoms. The number of likely N-dealkylation sites (tertiary alicyclic amines) is 1. The molecule has 9 nitrogen and oxygen atoms in total. The zero-order chi connectivity index (χ0) is 25.3. The Morgan fingerprint density at radius 3 is 2.20 bits per heavy atom. The van der Waals surface area contributed by atoms with Crippen LogP contribution in [0.5, 0.6) is 11.5 Å². The van der Waals surface area contributed by atoms with Crippen molar-refractivity contribution in [1.82, 2.24) is 9.80 Å². The van der Waals surface area contributed by atoms with Crippen molar-refractivity contribution in [1.29, 1.82) is 0 Å². The molecular formula is C26H34N4O5. The summed E-state index contributed by atoms with van der Waals surface area (Å²) in [5.74, 6) is -1.41. The normalized spacial score (nSPS) is 18.8. The zero-order valence-corrected chi connectivity index (χ0v) is 20.5. The second-order valence-electron chi connectivity index (χ2n) is 9.62. The van der Waals surface area contributed by atoms with Crippen molar-refractivity contribution in [3.05, 3.63) is 46.5 Å². The lowest BCUT2D eigenvalue weighted by molar-refractivity contribution is 0.0975. The summed E-state index contributed by atoms with van der Waals surface area (Å²) in [6.07, 6.45) is 1.94. The molecule has 1 fully saturated rings. The minimum Gasteiger partial charge on any atom is -0.507 e. The van der Waals surface area contributed by atoms with Gasteiger partial charge < -0.3 is 30.9 Å². The Bertz CT molecular complexity index is 1130. The first-order valence-electron chi connectivity index (χ1n) is 12.0. The molecule has 188 valence electrons. The minimum absolute atomic E-state index is 0.126. The molecule has 1 aliphatic heterocycles. The van der Waals surface area contributed by atoms with E-state index in [1.165, 1.54) is 12.1 Å². The van der Waals surface area contributed by atoms with E-state index in [-0.39, 0.29) is 52.4 Å². The molecular weight excluding hydrogens is 448 g/mol. The first-order valence-corrected chi connectivity index (χ1v) is 12.0. The summed E-state index contributed by atoms with van der Waals surface area (Å²) in [5.41, 5.74) is 1.01. The fourth-order valence-corrected chi connectivity index (χ4v) is 4.84. The van der Waals surface area contributed by atoms with Crippen LogP contribution in [-0.2, 0) is 0 Å². The summed E-state index contributed by atoms with van der Waals surface area (Å²) in [6.45, 7) is 5.19. The number of phenolic OH excluding ortho intramolecular Hbond substituents is 2. The first kappa shape index (κ1) is 25.0. The van der Waals surface area contributed by atoms with Gasteiger partial charge in [0.25, 0.3) is 0 Å². The van der Waals surface area contributed by atoms with E-state index >= 15 is 0 Å². The number of fused-ring (bicyclic) bond motifs is 2. The van der Waals surface area contributed by atoms with Crippen LogP contribution in [0.2, 0.25) is 0 Å². The van der Waals surface area contributed by atoms with Gasteiger partial charge in [-0.1, -0.05) is 0 Å². The van der Waals surface area contributed by atoms with Gasteiger partial charge >= 0.3 is 0 Å². The molecule has 1 saturated heterocycles. The third-order valence-corrected chi connectivity index (χ3v) is 7.02. The minimum atomic E-state index is -0.512. The topological polar surface area (TPSA) is 125 Å². The molecule has 2 aromatic carbocycles. The quantitative estimate of drug-likeness (QED) is 0.243. The van der Waals surface area contributed by atoms with Gasteiger partial charge in [-0.25, -0.2) is 0 Å². The van der Waals surface area contributed by atoms with Gasteiger partial charge in [0.15, 0.2) is 0 Å². The van der Waals surface area contributed by atoms with E-state index in [1.54, 1.807) is 12.1 Å². The third-order valence-electron chi connectivity index (χ3n) is 7.02. The van der Waals surface area contributed by atoms with Crippen molar-refractivity contribution in [3.8, 4) is 11.5 Å². The maximum atomic E-state index is 13.6. The lowest BCUT2D eigenvalue weighted by atomic mass is 9.81. The van der Waals surface area contributed by atoms with Gasteiger partial charge in [-0.2, -0.15) is 0 Å². The van der Waals surface area contributed by atoms with Crippen LogP contribution in [0, 0.1) is 5.92 Å². The van der Waals surface area contributed by atoms with Crippen molar-refractivity contribution in [2.75, 3.05) is 57.5 Å². The predicted molar refractivity (Wildman–Crippen MR) is 135 cm³/mol. The van der Waals surface area contributed by atoms with Crippen molar-refractivity contribution in [3.63, 3.8) is 0 Å². The van der Waals surface area contributed by atoms with Gasteiger partial charge in [-0.15, -0.1) is 0 Å². The molecule has 5 N–H and O–H groups in total. The van der Waals surface area contributed by atoms with Crippen LogP contribution < -0.4 is 10.6 Å². The Balaban J connectivity index is 1.68. The van der Waals surface area contributed by atoms with Crippen LogP contribution in [-0.4, -0.2) is 89.7 Å². The monoisotopic (exact) mass is 482 g/mol. The highest BCUT2D eigenvalue weighted by molar-refractivity contribution is 6.33. The Hall–Kier alpha value is -3.14. The van der Waals surface area contributed by atoms with Gasteiger partial charge in [-0.3, -0.25) is 14.5 Å². The highest BCUT2D eigenvalue weighted by Crippen LogP contribution is 2.42. The number of hydrogen-bond donors (Lipinski definition) is 5. The standard InChI is InChI=1S/C26H34N4O5/c1-15(29(2)3)28-18-7-6-17(27-10-12-30-11-4-5-16(13-30)14-31)21-22(18)26(35)24-20(33)9-8-19(32)23(24)25(21)34/h6-9,15-16,27-28,31-33H,4-5,10-14H2,1-3H3. The van der Waals surface area contributed by atoms with Gasteiger partial charge in [0, 0.05) is 37.6 Å². The number of anilines is 2. The van der Waals surface area contributed by atoms with E-state index in [1.807, 2.05) is 25.9 Å². The Morgan fingerprint density at radius 1 is 1.00 bits per heavy atom. The maximum absolute atomic E-state index is 13.6. The average molecular weight is 483 g/mol. The largest absolute Gasteiger partial charge is 0.507 e. The molecule has 0 radical (unpaired) electrons. The number of carbonyl (C=O) groups excluding carboxylic acids is 2. The van der Waals surface area contributed by atoms with Crippen LogP contribution in [0.3, 0.4) is 0 Å². The van der Waals surface area contributed by atoms with Gasteiger partial charge in [-0.05, 0) is 70.6 Å². The van der Waals surface area contributed by atoms with Crippen LogP contribution in [0.15, 0.2) is 24.3 Å². The average Bonchev–Trinajstić information content (AvgIpc) is 2.84. The van der Waals surface area contributed by atoms with E-state index in [4.69, 9.17) is 0 Å². The summed E-state index contributed by atoms with van der Waals surface area (Å²) in [5, 5.41) is 36.9. The van der Waals surface area contributed by atoms with Crippen molar-refractivity contribution in [2.24, 2.45) is 5.92 Å². The maximum Gasteiger partial charge on any atom is 0.200 e. The molecule has 0 amide bonds. The van der Waals surface area contributed by atoms with Crippen molar-refractivity contribution < 1.29 is 24.9 Å². The molecule has 2 aliphatic rings. The van der Waals surface area contributed by atoms with E-state index < -0.39 is 11.6 Å². The number of rotatable bonds is 8. The van der Waals surface area contributed by atoms with E-state index in [0.717, 1.165) is 32.5 Å². The van der Waals surface area contributed by atoms with Gasteiger partial charge in [0.1, 0.15) is 11.5 Å². The number of aliphatic hydroxyl groups is 1. The Kier molecular flexibility index (Phi) is 7.30. The number of hydrogen-bond acceptors (Lipinski definition) is 9. The Labute approximate surface area is 205 Å². The number of aliphatic hydroxyl groups excluding tert-OH is 1. The van der Waals surface area contributed by atoms with Crippen molar-refractivity contribution in [2.45, 2.75) is 25.9 Å². The second-order valence-corrected chi connectivity index (χ2v) is 9.62. The molecule has 9 heteroatoms. The fraction of sp³-hybridized carbons (Fsp3) is 0.462. The number of piperidine rings is 1. The van der Waals surface area contributed by atoms with Crippen molar-refractivity contribution >= 4 is 22.9 Å². The third kappa shape index (κ3) is 4.84. The molecule has 2 unspecified atom stereocenters. The van der Waals surface area contributed by atoms with Crippen LogP contribution in [0.1, 0.15) is 51.6 Å². The molecule has 4 rings (SSSR count). The lowest BCUT2D eigenvalue weighted by Crippen LogP contribution is -2.39. The van der Waals surface area contributed by atoms with Gasteiger partial charge in [0.2, 0.25) is 11.6 Å². The summed E-state index contributed by atoms with van der Waals surface area (Å²) in [7, 11) is 3.79.